The smallest absolute Gasteiger partial charge is 0.321 e. The molecule has 0 saturated carbocycles. The van der Waals surface area contributed by atoms with E-state index in [4.69, 9.17) is 27.9 Å². The number of hydrogen-bond donors (Lipinski definition) is 1. The topological polar surface area (TPSA) is 30.5 Å². The molecule has 8 heteroatoms. The van der Waals surface area contributed by atoms with Crippen LogP contribution in [0.1, 0.15) is 13.8 Å². The van der Waals surface area contributed by atoms with Gasteiger partial charge in [-0.15, -0.1) is 11.6 Å². The van der Waals surface area contributed by atoms with E-state index in [1.807, 2.05) is 13.8 Å². The van der Waals surface area contributed by atoms with E-state index in [9.17, 15) is 8.78 Å². The lowest BCUT2D eigenvalue weighted by Gasteiger charge is -2.25. The lowest BCUT2D eigenvalue weighted by atomic mass is 10.2. The Morgan fingerprint density at radius 1 is 1.53 bits per heavy atom. The van der Waals surface area contributed by atoms with Gasteiger partial charge in [0.2, 0.25) is 0 Å². The van der Waals surface area contributed by atoms with E-state index in [2.05, 4.69) is 9.61 Å². The van der Waals surface area contributed by atoms with Gasteiger partial charge in [0.1, 0.15) is 5.88 Å². The molecule has 0 spiro atoms. The fourth-order valence-corrected chi connectivity index (χ4v) is 2.58. The number of rotatable bonds is 7. The zero-order chi connectivity index (χ0) is 12.1. The molecule has 0 aromatic heterocycles. The van der Waals surface area contributed by atoms with E-state index >= 15 is 0 Å². The van der Waals surface area contributed by atoms with E-state index in [1.54, 1.807) is 0 Å². The van der Waals surface area contributed by atoms with Gasteiger partial charge >= 0.3 is 6.11 Å². The fraction of sp³-hybridized carbons (Fsp3) is 1.00. The van der Waals surface area contributed by atoms with Crippen molar-refractivity contribution in [3.05, 3.63) is 0 Å². The molecule has 1 unspecified atom stereocenters. The maximum atomic E-state index is 12.8. The zero-order valence-corrected chi connectivity index (χ0v) is 11.3. The Balaban J connectivity index is 4.38. The van der Waals surface area contributed by atoms with Crippen LogP contribution < -0.4 is 5.09 Å². The average molecular weight is 282 g/mol. The first kappa shape index (κ1) is 15.7. The maximum Gasteiger partial charge on any atom is 0.375 e. The second-order valence-corrected chi connectivity index (χ2v) is 6.87. The fourth-order valence-electron chi connectivity index (χ4n) is 0.629. The third-order valence-corrected chi connectivity index (χ3v) is 4.27. The molecule has 0 amide bonds. The highest BCUT2D eigenvalue weighted by atomic mass is 35.5. The molecule has 0 heterocycles. The van der Waals surface area contributed by atoms with Crippen molar-refractivity contribution in [2.45, 2.75) is 20.0 Å². The molecule has 0 bridgehead atoms. The first-order valence-electron chi connectivity index (χ1n) is 4.30. The average Bonchev–Trinajstić information content (AvgIpc) is 2.14. The normalized spacial score (nSPS) is 16.7. The third-order valence-electron chi connectivity index (χ3n) is 1.34. The van der Waals surface area contributed by atoms with Crippen LogP contribution in [0.3, 0.4) is 0 Å². The van der Waals surface area contributed by atoms with Gasteiger partial charge in [-0.2, -0.15) is 8.78 Å². The Hall–Kier alpha value is 0.680. The Labute approximate surface area is 98.7 Å². The van der Waals surface area contributed by atoms with E-state index < -0.39 is 18.6 Å². The van der Waals surface area contributed by atoms with Gasteiger partial charge in [0, 0.05) is 13.7 Å². The Bertz CT molecular complexity index is 243. The van der Waals surface area contributed by atoms with Crippen molar-refractivity contribution >= 4 is 30.1 Å². The number of nitrogens with one attached hydrogen (secondary N) is 1. The summed E-state index contributed by atoms with van der Waals surface area (Å²) in [7, 11) is 1.23. The second-order valence-electron chi connectivity index (χ2n) is 3.30. The van der Waals surface area contributed by atoms with Crippen LogP contribution in [0.4, 0.5) is 8.78 Å². The van der Waals surface area contributed by atoms with Gasteiger partial charge in [-0.3, -0.25) is 4.52 Å². The maximum absolute atomic E-state index is 12.8. The van der Waals surface area contributed by atoms with Gasteiger partial charge in [-0.05, 0) is 17.7 Å². The minimum absolute atomic E-state index is 0.260. The van der Waals surface area contributed by atoms with Gasteiger partial charge in [0.15, 0.2) is 0 Å². The van der Waals surface area contributed by atoms with Crippen molar-refractivity contribution < 1.29 is 17.8 Å². The molecule has 3 nitrogen and oxygen atoms in total. The van der Waals surface area contributed by atoms with Gasteiger partial charge in [-0.1, -0.05) is 13.8 Å². The highest BCUT2D eigenvalue weighted by Gasteiger charge is 2.36. The third kappa shape index (κ3) is 6.76. The van der Waals surface area contributed by atoms with E-state index in [1.165, 1.54) is 7.11 Å². The summed E-state index contributed by atoms with van der Waals surface area (Å²) in [5.41, 5.74) is 0. The molecular weight excluding hydrogens is 267 g/mol. The lowest BCUT2D eigenvalue weighted by molar-refractivity contribution is -0.156. The van der Waals surface area contributed by atoms with Crippen molar-refractivity contribution in [3.8, 4) is 0 Å². The van der Waals surface area contributed by atoms with Gasteiger partial charge < -0.3 is 4.52 Å². The van der Waals surface area contributed by atoms with Crippen LogP contribution in [0.15, 0.2) is 0 Å². The number of alkyl halides is 3. The molecule has 0 fully saturated rings. The summed E-state index contributed by atoms with van der Waals surface area (Å²) in [5.74, 6) is -0.686. The minimum atomic E-state index is -3.46. The molecule has 0 saturated heterocycles. The highest BCUT2D eigenvalue weighted by Crippen LogP contribution is 2.48. The highest BCUT2D eigenvalue weighted by molar-refractivity contribution is 8.08. The van der Waals surface area contributed by atoms with E-state index in [0.29, 0.717) is 6.54 Å². The van der Waals surface area contributed by atoms with Crippen LogP contribution >= 0.6 is 18.2 Å². The van der Waals surface area contributed by atoms with Crippen LogP contribution in [0.5, 0.6) is 0 Å². The first-order valence-corrected chi connectivity index (χ1v) is 7.47. The summed E-state index contributed by atoms with van der Waals surface area (Å²) in [4.78, 5) is 0. The molecule has 92 valence electrons. The van der Waals surface area contributed by atoms with Gasteiger partial charge in [-0.25, -0.2) is 5.09 Å². The monoisotopic (exact) mass is 281 g/mol. The van der Waals surface area contributed by atoms with E-state index in [-0.39, 0.29) is 5.92 Å². The van der Waals surface area contributed by atoms with Crippen molar-refractivity contribution in [1.82, 2.24) is 5.09 Å². The summed E-state index contributed by atoms with van der Waals surface area (Å²) in [5, 5.41) is 2.68. The first-order chi connectivity index (χ1) is 6.74. The van der Waals surface area contributed by atoms with Crippen molar-refractivity contribution in [1.29, 1.82) is 0 Å². The lowest BCUT2D eigenvalue weighted by Crippen LogP contribution is -2.27. The van der Waals surface area contributed by atoms with Crippen molar-refractivity contribution in [2.75, 3.05) is 19.5 Å². The summed E-state index contributed by atoms with van der Waals surface area (Å²) >= 11 is 9.88. The molecule has 1 N–H and O–H groups in total. The molecule has 0 aromatic carbocycles. The molecule has 0 aliphatic carbocycles. The molecule has 0 aliphatic heterocycles. The minimum Gasteiger partial charge on any atom is -0.321 e. The summed E-state index contributed by atoms with van der Waals surface area (Å²) in [6.45, 7) is 1.14. The van der Waals surface area contributed by atoms with Gasteiger partial charge in [0.05, 0.1) is 0 Å². The molecule has 0 radical (unpaired) electrons. The second kappa shape index (κ2) is 6.42. The zero-order valence-electron chi connectivity index (χ0n) is 8.80. The quantitative estimate of drug-likeness (QED) is 0.574. The van der Waals surface area contributed by atoms with Crippen LogP contribution in [-0.4, -0.2) is 25.6 Å². The Kier molecular flexibility index (Phi) is 6.72. The molecule has 0 aliphatic rings. The molecule has 1 atom stereocenters. The molecule has 15 heavy (non-hydrogen) atoms. The van der Waals surface area contributed by atoms with Crippen molar-refractivity contribution in [3.63, 3.8) is 0 Å². The molecule has 0 aromatic rings. The Morgan fingerprint density at radius 2 is 2.07 bits per heavy atom. The number of hydrogen-bond acceptors (Lipinski definition) is 3. The van der Waals surface area contributed by atoms with Crippen molar-refractivity contribution in [2.24, 2.45) is 5.92 Å². The van der Waals surface area contributed by atoms with Gasteiger partial charge in [0.25, 0.3) is 6.64 Å². The summed E-state index contributed by atoms with van der Waals surface area (Å²) < 4.78 is 34.9. The SMILES string of the molecule is COP(=S)(NCC(C)C)OC(F)(F)CCl. The van der Waals surface area contributed by atoms with Crippen LogP contribution in [-0.2, 0) is 20.9 Å². The van der Waals surface area contributed by atoms with Crippen LogP contribution in [0, 0.1) is 5.92 Å². The predicted molar refractivity (Wildman–Crippen MR) is 60.9 cm³/mol. The predicted octanol–water partition coefficient (Wildman–Crippen LogP) is 2.95. The molecule has 0 rings (SSSR count). The summed E-state index contributed by atoms with van der Waals surface area (Å²) in [6.07, 6.45) is -3.46. The molecular formula is C7H15ClF2NO2PS. The van der Waals surface area contributed by atoms with Crippen LogP contribution in [0.25, 0.3) is 0 Å². The van der Waals surface area contributed by atoms with Crippen LogP contribution in [0.2, 0.25) is 0 Å². The Morgan fingerprint density at radius 3 is 2.40 bits per heavy atom. The summed E-state index contributed by atoms with van der Waals surface area (Å²) in [6, 6.07) is 0. The van der Waals surface area contributed by atoms with E-state index in [0.717, 1.165) is 0 Å². The number of halogens is 3. The largest absolute Gasteiger partial charge is 0.375 e. The standard InChI is InChI=1S/C7H15ClF2NO2PS/c1-6(2)4-11-14(15,12-3)13-7(9,10)5-8/h6H,4-5H2,1-3H3,(H,11,15).